The van der Waals surface area contributed by atoms with Crippen LogP contribution in [0.5, 0.6) is 0 Å². The zero-order valence-electron chi connectivity index (χ0n) is 10.5. The van der Waals surface area contributed by atoms with Crippen molar-refractivity contribution >= 4 is 0 Å². The normalized spacial score (nSPS) is 14.2. The van der Waals surface area contributed by atoms with Gasteiger partial charge in [-0.25, -0.2) is 0 Å². The first-order valence-electron chi connectivity index (χ1n) is 5.59. The van der Waals surface area contributed by atoms with Gasteiger partial charge in [-0.15, -0.1) is 0 Å². The van der Waals surface area contributed by atoms with Crippen LogP contribution in [0.1, 0.15) is 33.4 Å². The molecule has 0 saturated heterocycles. The van der Waals surface area contributed by atoms with E-state index in [1.165, 1.54) is 5.69 Å². The van der Waals surface area contributed by atoms with Crippen molar-refractivity contribution in [2.45, 2.75) is 34.2 Å². The van der Waals surface area contributed by atoms with Gasteiger partial charge in [-0.1, -0.05) is 27.7 Å². The third-order valence-corrected chi connectivity index (χ3v) is 3.16. The van der Waals surface area contributed by atoms with E-state index in [0.717, 1.165) is 13.1 Å². The molecule has 1 aromatic heterocycles. The summed E-state index contributed by atoms with van der Waals surface area (Å²) in [6.07, 6.45) is 1.84. The molecule has 1 N–H and O–H groups in total. The standard InChI is InChI=1S/C12H23N3/c1-10(12(2,3)4)8-13-9-11-6-7-14-15(11)5/h6-7,10,13H,8-9H2,1-5H3. The second-order valence-corrected chi connectivity index (χ2v) is 5.34. The third kappa shape index (κ3) is 3.67. The third-order valence-electron chi connectivity index (χ3n) is 3.16. The number of rotatable bonds is 4. The number of hydrogen-bond acceptors (Lipinski definition) is 2. The first-order chi connectivity index (χ1) is 6.91. The number of aryl methyl sites for hydroxylation is 1. The Kier molecular flexibility index (Phi) is 3.91. The van der Waals surface area contributed by atoms with Crippen molar-refractivity contribution in [2.24, 2.45) is 18.4 Å². The van der Waals surface area contributed by atoms with Gasteiger partial charge in [-0.05, 0) is 23.9 Å². The van der Waals surface area contributed by atoms with Crippen LogP contribution in [0.15, 0.2) is 12.3 Å². The van der Waals surface area contributed by atoms with Crippen LogP contribution in [0.4, 0.5) is 0 Å². The lowest BCUT2D eigenvalue weighted by Gasteiger charge is -2.27. The number of nitrogens with zero attached hydrogens (tertiary/aromatic N) is 2. The maximum absolute atomic E-state index is 4.14. The molecule has 86 valence electrons. The summed E-state index contributed by atoms with van der Waals surface area (Å²) < 4.78 is 1.91. The van der Waals surface area contributed by atoms with Crippen molar-refractivity contribution in [3.63, 3.8) is 0 Å². The minimum Gasteiger partial charge on any atom is -0.311 e. The summed E-state index contributed by atoms with van der Waals surface area (Å²) in [7, 11) is 1.98. The van der Waals surface area contributed by atoms with Gasteiger partial charge in [0, 0.05) is 19.8 Å². The van der Waals surface area contributed by atoms with Crippen molar-refractivity contribution in [3.8, 4) is 0 Å². The monoisotopic (exact) mass is 209 g/mol. The average Bonchev–Trinajstić information content (AvgIpc) is 2.50. The zero-order valence-corrected chi connectivity index (χ0v) is 10.5. The molecule has 0 aromatic carbocycles. The van der Waals surface area contributed by atoms with Gasteiger partial charge < -0.3 is 5.32 Å². The highest BCUT2D eigenvalue weighted by Crippen LogP contribution is 2.24. The van der Waals surface area contributed by atoms with E-state index in [9.17, 15) is 0 Å². The van der Waals surface area contributed by atoms with Gasteiger partial charge in [-0.2, -0.15) is 5.10 Å². The number of nitrogens with one attached hydrogen (secondary N) is 1. The van der Waals surface area contributed by atoms with Crippen molar-refractivity contribution in [1.82, 2.24) is 15.1 Å². The molecule has 0 aliphatic heterocycles. The lowest BCUT2D eigenvalue weighted by molar-refractivity contribution is 0.252. The highest BCUT2D eigenvalue weighted by atomic mass is 15.3. The highest BCUT2D eigenvalue weighted by Gasteiger charge is 2.19. The molecule has 1 atom stereocenters. The topological polar surface area (TPSA) is 29.9 Å². The predicted molar refractivity (Wildman–Crippen MR) is 63.5 cm³/mol. The predicted octanol–water partition coefficient (Wildman–Crippen LogP) is 2.19. The van der Waals surface area contributed by atoms with Crippen LogP contribution >= 0.6 is 0 Å². The van der Waals surface area contributed by atoms with Crippen LogP contribution in [0.3, 0.4) is 0 Å². The fraction of sp³-hybridized carbons (Fsp3) is 0.750. The van der Waals surface area contributed by atoms with Gasteiger partial charge in [0.2, 0.25) is 0 Å². The quantitative estimate of drug-likeness (QED) is 0.824. The smallest absolute Gasteiger partial charge is 0.0518 e. The molecule has 0 spiro atoms. The van der Waals surface area contributed by atoms with E-state index in [1.54, 1.807) is 0 Å². The van der Waals surface area contributed by atoms with E-state index in [4.69, 9.17) is 0 Å². The van der Waals surface area contributed by atoms with E-state index < -0.39 is 0 Å². The van der Waals surface area contributed by atoms with Crippen LogP contribution in [-0.2, 0) is 13.6 Å². The summed E-state index contributed by atoms with van der Waals surface area (Å²) in [5, 5.41) is 7.61. The van der Waals surface area contributed by atoms with Crippen molar-refractivity contribution in [1.29, 1.82) is 0 Å². The average molecular weight is 209 g/mol. The van der Waals surface area contributed by atoms with E-state index in [-0.39, 0.29) is 0 Å². The summed E-state index contributed by atoms with van der Waals surface area (Å²) in [5.74, 6) is 0.672. The summed E-state index contributed by atoms with van der Waals surface area (Å²) in [4.78, 5) is 0. The van der Waals surface area contributed by atoms with E-state index in [2.05, 4.69) is 44.2 Å². The summed E-state index contributed by atoms with van der Waals surface area (Å²) in [6.45, 7) is 11.1. The largest absolute Gasteiger partial charge is 0.311 e. The number of aromatic nitrogens is 2. The second-order valence-electron chi connectivity index (χ2n) is 5.34. The molecule has 0 saturated carbocycles. The molecule has 0 bridgehead atoms. The lowest BCUT2D eigenvalue weighted by atomic mass is 9.82. The van der Waals surface area contributed by atoms with Crippen molar-refractivity contribution in [2.75, 3.05) is 6.54 Å². The van der Waals surface area contributed by atoms with E-state index >= 15 is 0 Å². The van der Waals surface area contributed by atoms with Gasteiger partial charge in [0.05, 0.1) is 5.69 Å². The molecule has 1 rings (SSSR count). The zero-order chi connectivity index (χ0) is 11.5. The fourth-order valence-electron chi connectivity index (χ4n) is 1.30. The van der Waals surface area contributed by atoms with Crippen LogP contribution in [0.2, 0.25) is 0 Å². The SMILES string of the molecule is CC(CNCc1ccnn1C)C(C)(C)C. The molecule has 0 amide bonds. The molecular weight excluding hydrogens is 186 g/mol. The van der Waals surface area contributed by atoms with Gasteiger partial charge in [0.25, 0.3) is 0 Å². The maximum Gasteiger partial charge on any atom is 0.0518 e. The van der Waals surface area contributed by atoms with Crippen molar-refractivity contribution in [3.05, 3.63) is 18.0 Å². The highest BCUT2D eigenvalue weighted by molar-refractivity contribution is 4.99. The molecule has 0 radical (unpaired) electrons. The summed E-state index contributed by atoms with van der Waals surface area (Å²) in [6, 6.07) is 2.05. The molecule has 3 heteroatoms. The minimum absolute atomic E-state index is 0.374. The Morgan fingerprint density at radius 1 is 1.47 bits per heavy atom. The Morgan fingerprint density at radius 3 is 2.60 bits per heavy atom. The Morgan fingerprint density at radius 2 is 2.13 bits per heavy atom. The van der Waals surface area contributed by atoms with Gasteiger partial charge in [0.1, 0.15) is 0 Å². The van der Waals surface area contributed by atoms with Crippen molar-refractivity contribution < 1.29 is 0 Å². The molecule has 0 fully saturated rings. The fourth-order valence-corrected chi connectivity index (χ4v) is 1.30. The van der Waals surface area contributed by atoms with Gasteiger partial charge >= 0.3 is 0 Å². The Hall–Kier alpha value is -0.830. The van der Waals surface area contributed by atoms with Crippen LogP contribution in [0.25, 0.3) is 0 Å². The molecule has 1 unspecified atom stereocenters. The Balaban J connectivity index is 2.31. The second kappa shape index (κ2) is 4.79. The molecule has 3 nitrogen and oxygen atoms in total. The molecular formula is C12H23N3. The van der Waals surface area contributed by atoms with E-state index in [0.29, 0.717) is 11.3 Å². The van der Waals surface area contributed by atoms with Gasteiger partial charge in [0.15, 0.2) is 0 Å². The first-order valence-corrected chi connectivity index (χ1v) is 5.59. The lowest BCUT2D eigenvalue weighted by Crippen LogP contribution is -2.29. The Bertz CT molecular complexity index is 296. The van der Waals surface area contributed by atoms with E-state index in [1.807, 2.05) is 17.9 Å². The van der Waals surface area contributed by atoms with Crippen LogP contribution in [-0.4, -0.2) is 16.3 Å². The molecule has 1 aromatic rings. The first kappa shape index (κ1) is 12.2. The van der Waals surface area contributed by atoms with Crippen LogP contribution in [0, 0.1) is 11.3 Å². The van der Waals surface area contributed by atoms with Crippen LogP contribution < -0.4 is 5.32 Å². The molecule has 0 aliphatic carbocycles. The Labute approximate surface area is 92.9 Å². The van der Waals surface area contributed by atoms with Gasteiger partial charge in [-0.3, -0.25) is 4.68 Å². The summed E-state index contributed by atoms with van der Waals surface area (Å²) in [5.41, 5.74) is 1.61. The number of hydrogen-bond donors (Lipinski definition) is 1. The maximum atomic E-state index is 4.14. The minimum atomic E-state index is 0.374. The summed E-state index contributed by atoms with van der Waals surface area (Å²) >= 11 is 0. The molecule has 0 aliphatic rings. The molecule has 1 heterocycles. The molecule has 15 heavy (non-hydrogen) atoms.